The summed E-state index contributed by atoms with van der Waals surface area (Å²) in [6.45, 7) is 11.5. The number of carbonyl (C=O) groups excluding carboxylic acids is 3. The lowest BCUT2D eigenvalue weighted by Crippen LogP contribution is -2.56. The van der Waals surface area contributed by atoms with Crippen LogP contribution in [-0.4, -0.2) is 57.6 Å². The molecule has 2 aromatic rings. The van der Waals surface area contributed by atoms with Crippen molar-refractivity contribution in [2.45, 2.75) is 84.0 Å². The molecular weight excluding hydrogens is 420 g/mol. The lowest BCUT2D eigenvalue weighted by Gasteiger charge is -2.30. The standard InChI is InChI=1S/C25H36N4O4/c1-24(2,3)28-21(30)19(14-16-15-26-18-11-8-7-10-17(16)18)27-22(31)20-12-9-13-29(20)23(32)33-25(4,5)6/h7-8,10-11,15,19-20,26H,9,12-14H2,1-6H3,(H,27,31)(H,28,30)/t19-,20-/m0/s1. The molecule has 8 nitrogen and oxygen atoms in total. The Morgan fingerprint density at radius 2 is 1.85 bits per heavy atom. The van der Waals surface area contributed by atoms with E-state index in [0.29, 0.717) is 25.8 Å². The van der Waals surface area contributed by atoms with Crippen molar-refractivity contribution in [2.75, 3.05) is 6.54 Å². The molecule has 0 unspecified atom stereocenters. The van der Waals surface area contributed by atoms with E-state index in [1.165, 1.54) is 4.90 Å². The van der Waals surface area contributed by atoms with E-state index in [0.717, 1.165) is 16.5 Å². The molecule has 2 heterocycles. The predicted octanol–water partition coefficient (Wildman–Crippen LogP) is 3.51. The van der Waals surface area contributed by atoms with E-state index in [2.05, 4.69) is 15.6 Å². The van der Waals surface area contributed by atoms with Crippen molar-refractivity contribution in [3.05, 3.63) is 36.0 Å². The number of H-pyrrole nitrogens is 1. The molecule has 1 fully saturated rings. The molecule has 3 amide bonds. The second-order valence-corrected chi connectivity index (χ2v) is 10.7. The fraction of sp³-hybridized carbons (Fsp3) is 0.560. The summed E-state index contributed by atoms with van der Waals surface area (Å²) in [5.74, 6) is -0.602. The number of carbonyl (C=O) groups is 3. The van der Waals surface area contributed by atoms with Gasteiger partial charge >= 0.3 is 6.09 Å². The van der Waals surface area contributed by atoms with Gasteiger partial charge in [-0.3, -0.25) is 14.5 Å². The van der Waals surface area contributed by atoms with Gasteiger partial charge in [-0.1, -0.05) is 18.2 Å². The molecule has 1 aliphatic rings. The quantitative estimate of drug-likeness (QED) is 0.640. The van der Waals surface area contributed by atoms with Crippen molar-refractivity contribution in [1.29, 1.82) is 0 Å². The molecule has 180 valence electrons. The fourth-order valence-electron chi connectivity index (χ4n) is 4.03. The van der Waals surface area contributed by atoms with Crippen LogP contribution in [0.15, 0.2) is 30.5 Å². The van der Waals surface area contributed by atoms with Crippen molar-refractivity contribution >= 4 is 28.8 Å². The van der Waals surface area contributed by atoms with Gasteiger partial charge in [0.15, 0.2) is 0 Å². The number of fused-ring (bicyclic) bond motifs is 1. The number of amides is 3. The zero-order valence-corrected chi connectivity index (χ0v) is 20.5. The van der Waals surface area contributed by atoms with E-state index in [1.54, 1.807) is 20.8 Å². The van der Waals surface area contributed by atoms with E-state index in [1.807, 2.05) is 51.2 Å². The summed E-state index contributed by atoms with van der Waals surface area (Å²) < 4.78 is 5.48. The summed E-state index contributed by atoms with van der Waals surface area (Å²) in [4.78, 5) is 43.7. The Morgan fingerprint density at radius 1 is 1.15 bits per heavy atom. The molecule has 2 atom stereocenters. The second kappa shape index (κ2) is 9.45. The largest absolute Gasteiger partial charge is 0.444 e. The molecular formula is C25H36N4O4. The third-order valence-electron chi connectivity index (χ3n) is 5.41. The molecule has 0 radical (unpaired) electrons. The maximum atomic E-state index is 13.2. The lowest BCUT2D eigenvalue weighted by atomic mass is 10.0. The third-order valence-corrected chi connectivity index (χ3v) is 5.41. The number of rotatable bonds is 5. The highest BCUT2D eigenvalue weighted by atomic mass is 16.6. The number of nitrogens with zero attached hydrogens (tertiary/aromatic N) is 1. The molecule has 0 aliphatic carbocycles. The van der Waals surface area contributed by atoms with Gasteiger partial charge in [0.1, 0.15) is 17.7 Å². The van der Waals surface area contributed by atoms with Crippen LogP contribution >= 0.6 is 0 Å². The van der Waals surface area contributed by atoms with Crippen LogP contribution in [0, 0.1) is 0 Å². The Balaban J connectivity index is 1.79. The van der Waals surface area contributed by atoms with Crippen LogP contribution in [0.2, 0.25) is 0 Å². The number of benzene rings is 1. The van der Waals surface area contributed by atoms with Crippen molar-refractivity contribution in [2.24, 2.45) is 0 Å². The average Bonchev–Trinajstić information content (AvgIpc) is 3.32. The van der Waals surface area contributed by atoms with Gasteiger partial charge in [-0.2, -0.15) is 0 Å². The first-order valence-corrected chi connectivity index (χ1v) is 11.5. The van der Waals surface area contributed by atoms with E-state index in [4.69, 9.17) is 4.74 Å². The number of ether oxygens (including phenoxy) is 1. The van der Waals surface area contributed by atoms with Crippen molar-refractivity contribution < 1.29 is 19.1 Å². The number of para-hydroxylation sites is 1. The molecule has 1 aromatic carbocycles. The van der Waals surface area contributed by atoms with Crippen LogP contribution in [0.25, 0.3) is 10.9 Å². The highest BCUT2D eigenvalue weighted by Gasteiger charge is 2.38. The van der Waals surface area contributed by atoms with Crippen LogP contribution in [0.5, 0.6) is 0 Å². The van der Waals surface area contributed by atoms with Gasteiger partial charge in [0.05, 0.1) is 0 Å². The summed E-state index contributed by atoms with van der Waals surface area (Å²) >= 11 is 0. The number of likely N-dealkylation sites (tertiary alicyclic amines) is 1. The Labute approximate surface area is 195 Å². The van der Waals surface area contributed by atoms with Crippen LogP contribution < -0.4 is 10.6 Å². The van der Waals surface area contributed by atoms with E-state index in [9.17, 15) is 14.4 Å². The molecule has 33 heavy (non-hydrogen) atoms. The topological polar surface area (TPSA) is 104 Å². The number of aromatic nitrogens is 1. The van der Waals surface area contributed by atoms with Gasteiger partial charge in [-0.25, -0.2) is 4.79 Å². The van der Waals surface area contributed by atoms with Gasteiger partial charge in [0.2, 0.25) is 11.8 Å². The van der Waals surface area contributed by atoms with Crippen molar-refractivity contribution in [3.63, 3.8) is 0 Å². The summed E-state index contributed by atoms with van der Waals surface area (Å²) in [5, 5.41) is 6.90. The summed E-state index contributed by atoms with van der Waals surface area (Å²) in [6, 6.07) is 6.41. The SMILES string of the molecule is CC(C)(C)NC(=O)[C@H](Cc1c[nH]c2ccccc12)NC(=O)[C@@H]1CCCN1C(=O)OC(C)(C)C. The monoisotopic (exact) mass is 456 g/mol. The molecule has 0 bridgehead atoms. The molecule has 1 aromatic heterocycles. The summed E-state index contributed by atoms with van der Waals surface area (Å²) in [5.41, 5.74) is 0.817. The summed E-state index contributed by atoms with van der Waals surface area (Å²) in [7, 11) is 0. The number of aromatic amines is 1. The number of nitrogens with one attached hydrogen (secondary N) is 3. The highest BCUT2D eigenvalue weighted by Crippen LogP contribution is 2.23. The van der Waals surface area contributed by atoms with Crippen LogP contribution in [0.3, 0.4) is 0 Å². The van der Waals surface area contributed by atoms with E-state index < -0.39 is 29.3 Å². The van der Waals surface area contributed by atoms with E-state index in [-0.39, 0.29) is 11.8 Å². The minimum Gasteiger partial charge on any atom is -0.444 e. The first kappa shape index (κ1) is 24.6. The first-order valence-electron chi connectivity index (χ1n) is 11.5. The van der Waals surface area contributed by atoms with Gasteiger partial charge in [-0.05, 0) is 66.0 Å². The Bertz CT molecular complexity index is 1020. The van der Waals surface area contributed by atoms with Crippen LogP contribution in [0.4, 0.5) is 4.79 Å². The van der Waals surface area contributed by atoms with Gasteiger partial charge in [0, 0.05) is 35.6 Å². The smallest absolute Gasteiger partial charge is 0.410 e. The zero-order chi connectivity index (χ0) is 24.4. The fourth-order valence-corrected chi connectivity index (χ4v) is 4.03. The molecule has 1 aliphatic heterocycles. The normalized spacial score (nSPS) is 17.6. The zero-order valence-electron chi connectivity index (χ0n) is 20.5. The summed E-state index contributed by atoms with van der Waals surface area (Å²) in [6.07, 6.45) is 2.94. The number of hydrogen-bond acceptors (Lipinski definition) is 4. The second-order valence-electron chi connectivity index (χ2n) is 10.7. The van der Waals surface area contributed by atoms with Crippen LogP contribution in [0.1, 0.15) is 59.9 Å². The lowest BCUT2D eigenvalue weighted by molar-refractivity contribution is -0.132. The van der Waals surface area contributed by atoms with Gasteiger partial charge < -0.3 is 20.4 Å². The number of hydrogen-bond donors (Lipinski definition) is 3. The Kier molecular flexibility index (Phi) is 7.05. The van der Waals surface area contributed by atoms with Gasteiger partial charge in [-0.15, -0.1) is 0 Å². The molecule has 0 saturated carbocycles. The van der Waals surface area contributed by atoms with Crippen molar-refractivity contribution in [1.82, 2.24) is 20.5 Å². The van der Waals surface area contributed by atoms with Crippen LogP contribution in [-0.2, 0) is 20.7 Å². The maximum Gasteiger partial charge on any atom is 0.410 e. The Hall–Kier alpha value is -3.03. The molecule has 0 spiro atoms. The van der Waals surface area contributed by atoms with E-state index >= 15 is 0 Å². The van der Waals surface area contributed by atoms with Gasteiger partial charge in [0.25, 0.3) is 0 Å². The highest BCUT2D eigenvalue weighted by molar-refractivity contribution is 5.92. The Morgan fingerprint density at radius 3 is 2.52 bits per heavy atom. The minimum atomic E-state index is -0.781. The molecule has 3 rings (SSSR count). The molecule has 3 N–H and O–H groups in total. The molecule has 1 saturated heterocycles. The minimum absolute atomic E-state index is 0.261. The molecule has 8 heteroatoms. The maximum absolute atomic E-state index is 13.2. The average molecular weight is 457 g/mol. The first-order chi connectivity index (χ1) is 15.3. The third kappa shape index (κ3) is 6.49. The predicted molar refractivity (Wildman–Crippen MR) is 128 cm³/mol. The van der Waals surface area contributed by atoms with Crippen molar-refractivity contribution in [3.8, 4) is 0 Å².